The molecule has 146 valence electrons. The highest BCUT2D eigenvalue weighted by atomic mass is 16.6. The van der Waals surface area contributed by atoms with Gasteiger partial charge in [-0.1, -0.05) is 42.5 Å². The lowest BCUT2D eigenvalue weighted by atomic mass is 10.1. The smallest absolute Gasteiger partial charge is 0.407 e. The number of nitro groups is 1. The molecule has 0 saturated heterocycles. The highest BCUT2D eigenvalue weighted by Crippen LogP contribution is 2.20. The van der Waals surface area contributed by atoms with Crippen LogP contribution in [0.3, 0.4) is 0 Å². The van der Waals surface area contributed by atoms with Crippen molar-refractivity contribution in [1.82, 2.24) is 5.32 Å². The number of carbonyl (C=O) groups is 2. The second kappa shape index (κ2) is 10.5. The maximum atomic E-state index is 11.8. The minimum Gasteiger partial charge on any atom is -0.465 e. The lowest BCUT2D eigenvalue weighted by Crippen LogP contribution is -2.24. The van der Waals surface area contributed by atoms with E-state index in [1.54, 1.807) is 12.2 Å². The van der Waals surface area contributed by atoms with Gasteiger partial charge in [-0.25, -0.2) is 9.59 Å². The van der Waals surface area contributed by atoms with Crippen molar-refractivity contribution in [2.75, 3.05) is 13.7 Å². The number of hydrogen-bond acceptors (Lipinski definition) is 6. The van der Waals surface area contributed by atoms with Crippen molar-refractivity contribution < 1.29 is 24.0 Å². The number of nitrogens with one attached hydrogen (secondary N) is 1. The van der Waals surface area contributed by atoms with Gasteiger partial charge in [0, 0.05) is 18.7 Å². The Kier molecular flexibility index (Phi) is 7.71. The molecule has 0 fully saturated rings. The Morgan fingerprint density at radius 3 is 2.61 bits per heavy atom. The molecule has 2 rings (SSSR count). The molecule has 8 nitrogen and oxygen atoms in total. The fourth-order valence-corrected chi connectivity index (χ4v) is 2.33. The van der Waals surface area contributed by atoms with Crippen molar-refractivity contribution in [3.05, 3.63) is 81.4 Å². The van der Waals surface area contributed by atoms with Crippen LogP contribution in [0.1, 0.15) is 27.9 Å². The quantitative estimate of drug-likeness (QED) is 0.322. The van der Waals surface area contributed by atoms with Crippen LogP contribution < -0.4 is 5.32 Å². The summed E-state index contributed by atoms with van der Waals surface area (Å²) in [5.41, 5.74) is 1.29. The number of rotatable bonds is 8. The van der Waals surface area contributed by atoms with Crippen molar-refractivity contribution in [3.63, 3.8) is 0 Å². The van der Waals surface area contributed by atoms with Crippen LogP contribution in [0.25, 0.3) is 6.08 Å². The van der Waals surface area contributed by atoms with Gasteiger partial charge < -0.3 is 14.8 Å². The molecular weight excluding hydrogens is 364 g/mol. The monoisotopic (exact) mass is 384 g/mol. The van der Waals surface area contributed by atoms with Gasteiger partial charge in [-0.2, -0.15) is 0 Å². The second-order valence-corrected chi connectivity index (χ2v) is 5.70. The molecule has 2 aromatic carbocycles. The predicted octanol–water partition coefficient (Wildman–Crippen LogP) is 3.71. The summed E-state index contributed by atoms with van der Waals surface area (Å²) in [6.45, 7) is 0.526. The van der Waals surface area contributed by atoms with Gasteiger partial charge in [-0.05, 0) is 23.6 Å². The average molecular weight is 384 g/mol. The molecule has 0 aliphatic carbocycles. The van der Waals surface area contributed by atoms with E-state index in [9.17, 15) is 19.7 Å². The fourth-order valence-electron chi connectivity index (χ4n) is 2.33. The number of carbonyl (C=O) groups excluding carboxylic acids is 2. The van der Waals surface area contributed by atoms with Crippen molar-refractivity contribution in [2.45, 2.75) is 13.0 Å². The predicted molar refractivity (Wildman–Crippen MR) is 103 cm³/mol. The van der Waals surface area contributed by atoms with Crippen LogP contribution in [0.2, 0.25) is 0 Å². The van der Waals surface area contributed by atoms with Gasteiger partial charge in [0.2, 0.25) is 0 Å². The van der Waals surface area contributed by atoms with Crippen LogP contribution in [-0.2, 0) is 16.1 Å². The molecule has 0 aliphatic rings. The van der Waals surface area contributed by atoms with Gasteiger partial charge in [0.15, 0.2) is 0 Å². The van der Waals surface area contributed by atoms with Crippen LogP contribution in [-0.4, -0.2) is 30.6 Å². The van der Waals surface area contributed by atoms with E-state index in [0.717, 1.165) is 5.56 Å². The number of esters is 1. The average Bonchev–Trinajstić information content (AvgIpc) is 2.72. The summed E-state index contributed by atoms with van der Waals surface area (Å²) < 4.78 is 9.76. The highest BCUT2D eigenvalue weighted by Gasteiger charge is 2.15. The highest BCUT2D eigenvalue weighted by molar-refractivity contribution is 5.94. The Morgan fingerprint density at radius 1 is 1.18 bits per heavy atom. The van der Waals surface area contributed by atoms with Gasteiger partial charge in [0.25, 0.3) is 5.69 Å². The maximum absolute atomic E-state index is 11.8. The van der Waals surface area contributed by atoms with E-state index < -0.39 is 17.0 Å². The molecule has 28 heavy (non-hydrogen) atoms. The zero-order valence-electron chi connectivity index (χ0n) is 15.3. The Bertz CT molecular complexity index is 864. The largest absolute Gasteiger partial charge is 0.465 e. The van der Waals surface area contributed by atoms with Crippen LogP contribution >= 0.6 is 0 Å². The lowest BCUT2D eigenvalue weighted by Gasteiger charge is -2.06. The fraction of sp³-hybridized carbons (Fsp3) is 0.200. The third-order valence-electron chi connectivity index (χ3n) is 3.74. The molecule has 0 aromatic heterocycles. The van der Waals surface area contributed by atoms with E-state index in [-0.39, 0.29) is 17.9 Å². The first-order chi connectivity index (χ1) is 13.5. The van der Waals surface area contributed by atoms with Gasteiger partial charge in [0.05, 0.1) is 17.6 Å². The number of non-ortho nitro benzene ring substituents is 1. The summed E-state index contributed by atoms with van der Waals surface area (Å²) in [7, 11) is 1.21. The molecular formula is C20H20N2O6. The number of hydrogen-bond donors (Lipinski definition) is 1. The van der Waals surface area contributed by atoms with E-state index in [0.29, 0.717) is 18.5 Å². The number of benzene rings is 2. The first kappa shape index (κ1) is 20.6. The SMILES string of the molecule is COC(=O)c1cc([N+](=O)[O-])ccc1C=CCCNC(=O)OCc1ccccc1. The normalized spacial score (nSPS) is 10.5. The topological polar surface area (TPSA) is 108 Å². The number of nitrogens with zero attached hydrogens (tertiary/aromatic N) is 1. The summed E-state index contributed by atoms with van der Waals surface area (Å²) >= 11 is 0. The van der Waals surface area contributed by atoms with E-state index in [4.69, 9.17) is 4.74 Å². The number of methoxy groups -OCH3 is 1. The van der Waals surface area contributed by atoms with Crippen molar-refractivity contribution in [2.24, 2.45) is 0 Å². The third-order valence-corrected chi connectivity index (χ3v) is 3.74. The lowest BCUT2D eigenvalue weighted by molar-refractivity contribution is -0.384. The van der Waals surface area contributed by atoms with Crippen LogP contribution in [0.4, 0.5) is 10.5 Å². The van der Waals surface area contributed by atoms with Crippen molar-refractivity contribution in [3.8, 4) is 0 Å². The van der Waals surface area contributed by atoms with Gasteiger partial charge in [-0.3, -0.25) is 10.1 Å². The molecule has 0 saturated carbocycles. The number of nitro benzene ring substituents is 1. The van der Waals surface area contributed by atoms with Crippen LogP contribution in [0.5, 0.6) is 0 Å². The Labute approximate surface area is 161 Å². The van der Waals surface area contributed by atoms with Crippen LogP contribution in [0.15, 0.2) is 54.6 Å². The summed E-state index contributed by atoms with van der Waals surface area (Å²) in [4.78, 5) is 33.8. The number of alkyl carbamates (subject to hydrolysis) is 1. The molecule has 0 unspecified atom stereocenters. The zero-order valence-corrected chi connectivity index (χ0v) is 15.3. The molecule has 0 aliphatic heterocycles. The molecule has 0 heterocycles. The van der Waals surface area contributed by atoms with Gasteiger partial charge in [-0.15, -0.1) is 0 Å². The van der Waals surface area contributed by atoms with Crippen LogP contribution in [0, 0.1) is 10.1 Å². The Morgan fingerprint density at radius 2 is 1.93 bits per heavy atom. The first-order valence-electron chi connectivity index (χ1n) is 8.49. The van der Waals surface area contributed by atoms with E-state index >= 15 is 0 Å². The van der Waals surface area contributed by atoms with Crippen molar-refractivity contribution in [1.29, 1.82) is 0 Å². The summed E-state index contributed by atoms with van der Waals surface area (Å²) in [6, 6.07) is 13.3. The van der Waals surface area contributed by atoms with Gasteiger partial charge in [0.1, 0.15) is 6.61 Å². The minimum absolute atomic E-state index is 0.100. The molecule has 0 atom stereocenters. The summed E-state index contributed by atoms with van der Waals surface area (Å²) in [5, 5.41) is 13.5. The Hall–Kier alpha value is -3.68. The summed E-state index contributed by atoms with van der Waals surface area (Å²) in [5.74, 6) is -0.661. The maximum Gasteiger partial charge on any atom is 0.407 e. The van der Waals surface area contributed by atoms with Gasteiger partial charge >= 0.3 is 12.1 Å². The molecule has 1 N–H and O–H groups in total. The molecule has 8 heteroatoms. The number of amides is 1. The molecule has 1 amide bonds. The molecule has 0 bridgehead atoms. The summed E-state index contributed by atoms with van der Waals surface area (Å²) in [6.07, 6.45) is 3.35. The second-order valence-electron chi connectivity index (χ2n) is 5.70. The molecule has 0 radical (unpaired) electrons. The van der Waals surface area contributed by atoms with E-state index in [1.165, 1.54) is 25.3 Å². The number of ether oxygens (including phenoxy) is 2. The first-order valence-corrected chi connectivity index (χ1v) is 8.49. The standard InChI is InChI=1S/C20H20N2O6/c1-27-19(23)18-13-17(22(25)26)11-10-16(18)9-5-6-12-21-20(24)28-14-15-7-3-2-4-8-15/h2-5,7-11,13H,6,12,14H2,1H3,(H,21,24). The Balaban J connectivity index is 1.84. The minimum atomic E-state index is -0.661. The third kappa shape index (κ3) is 6.24. The molecule has 2 aromatic rings. The molecule has 0 spiro atoms. The van der Waals surface area contributed by atoms with Crippen molar-refractivity contribution >= 4 is 23.8 Å². The zero-order chi connectivity index (χ0) is 20.4. The van der Waals surface area contributed by atoms with E-state index in [2.05, 4.69) is 10.1 Å². The van der Waals surface area contributed by atoms with E-state index in [1.807, 2.05) is 30.3 Å².